The van der Waals surface area contributed by atoms with Crippen LogP contribution in [0.1, 0.15) is 18.1 Å². The van der Waals surface area contributed by atoms with E-state index in [1.165, 1.54) is 14.0 Å². The molecular formula is C23H28O9. The first-order chi connectivity index (χ1) is 15.3. The minimum Gasteiger partial charge on any atom is -0.508 e. The van der Waals surface area contributed by atoms with Crippen molar-refractivity contribution in [2.24, 2.45) is 0 Å². The number of rotatable bonds is 8. The second-order valence-corrected chi connectivity index (χ2v) is 7.62. The summed E-state index contributed by atoms with van der Waals surface area (Å²) >= 11 is 0. The maximum absolute atomic E-state index is 11.1. The number of hydrogen-bond acceptors (Lipinski definition) is 9. The van der Waals surface area contributed by atoms with Crippen LogP contribution in [0, 0.1) is 0 Å². The van der Waals surface area contributed by atoms with E-state index in [-0.39, 0.29) is 12.4 Å². The quantitative estimate of drug-likeness (QED) is 0.435. The molecule has 5 atom stereocenters. The van der Waals surface area contributed by atoms with Crippen LogP contribution in [0.4, 0.5) is 0 Å². The van der Waals surface area contributed by atoms with E-state index in [4.69, 9.17) is 18.9 Å². The number of phenols is 1. The molecule has 32 heavy (non-hydrogen) atoms. The molecule has 1 saturated heterocycles. The maximum atomic E-state index is 11.1. The fraction of sp³-hybridized carbons (Fsp3) is 0.435. The van der Waals surface area contributed by atoms with Gasteiger partial charge in [-0.15, -0.1) is 0 Å². The van der Waals surface area contributed by atoms with Crippen LogP contribution in [-0.4, -0.2) is 70.8 Å². The summed E-state index contributed by atoms with van der Waals surface area (Å²) in [6, 6.07) is 12.2. The van der Waals surface area contributed by atoms with Crippen molar-refractivity contribution in [3.63, 3.8) is 0 Å². The molecule has 1 heterocycles. The van der Waals surface area contributed by atoms with E-state index in [1.807, 2.05) is 12.1 Å². The van der Waals surface area contributed by atoms with Crippen molar-refractivity contribution in [3.05, 3.63) is 53.6 Å². The Morgan fingerprint density at radius 1 is 0.969 bits per heavy atom. The van der Waals surface area contributed by atoms with Gasteiger partial charge < -0.3 is 39.4 Å². The van der Waals surface area contributed by atoms with Crippen LogP contribution in [0.15, 0.2) is 42.5 Å². The fourth-order valence-electron chi connectivity index (χ4n) is 3.45. The van der Waals surface area contributed by atoms with Crippen LogP contribution in [0.3, 0.4) is 0 Å². The van der Waals surface area contributed by atoms with Crippen molar-refractivity contribution in [2.75, 3.05) is 13.7 Å². The van der Waals surface area contributed by atoms with Crippen molar-refractivity contribution in [2.45, 2.75) is 50.5 Å². The zero-order chi connectivity index (χ0) is 23.3. The van der Waals surface area contributed by atoms with Crippen LogP contribution < -0.4 is 9.47 Å². The number of aromatic hydroxyl groups is 1. The van der Waals surface area contributed by atoms with Gasteiger partial charge in [-0.1, -0.05) is 12.1 Å². The van der Waals surface area contributed by atoms with Gasteiger partial charge in [0.05, 0.1) is 7.11 Å². The monoisotopic (exact) mass is 448 g/mol. The molecule has 0 aliphatic carbocycles. The molecule has 9 heteroatoms. The lowest BCUT2D eigenvalue weighted by Gasteiger charge is -2.39. The van der Waals surface area contributed by atoms with E-state index >= 15 is 0 Å². The Kier molecular flexibility index (Phi) is 7.92. The van der Waals surface area contributed by atoms with E-state index in [1.54, 1.807) is 30.3 Å². The number of aliphatic hydroxyl groups is 3. The Morgan fingerprint density at radius 3 is 2.38 bits per heavy atom. The lowest BCUT2D eigenvalue weighted by molar-refractivity contribution is -0.278. The van der Waals surface area contributed by atoms with Gasteiger partial charge in [-0.3, -0.25) is 4.79 Å². The highest BCUT2D eigenvalue weighted by atomic mass is 16.7. The van der Waals surface area contributed by atoms with Crippen molar-refractivity contribution in [3.8, 4) is 17.2 Å². The van der Waals surface area contributed by atoms with Crippen molar-refractivity contribution in [1.29, 1.82) is 0 Å². The zero-order valence-corrected chi connectivity index (χ0v) is 17.9. The van der Waals surface area contributed by atoms with E-state index in [0.717, 1.165) is 11.1 Å². The smallest absolute Gasteiger partial charge is 0.302 e. The van der Waals surface area contributed by atoms with E-state index in [2.05, 4.69) is 0 Å². The predicted molar refractivity (Wildman–Crippen MR) is 112 cm³/mol. The number of esters is 1. The molecule has 1 aliphatic heterocycles. The molecule has 0 aromatic heterocycles. The van der Waals surface area contributed by atoms with Crippen molar-refractivity contribution < 1.29 is 44.2 Å². The van der Waals surface area contributed by atoms with Crippen LogP contribution in [0.25, 0.3) is 0 Å². The molecule has 0 spiro atoms. The van der Waals surface area contributed by atoms with E-state index in [9.17, 15) is 25.2 Å². The second kappa shape index (κ2) is 10.6. The lowest BCUT2D eigenvalue weighted by Crippen LogP contribution is -2.60. The lowest BCUT2D eigenvalue weighted by atomic mass is 9.99. The molecule has 0 unspecified atom stereocenters. The van der Waals surface area contributed by atoms with Gasteiger partial charge >= 0.3 is 5.97 Å². The van der Waals surface area contributed by atoms with Gasteiger partial charge in [0.25, 0.3) is 0 Å². The Labute approximate surface area is 185 Å². The van der Waals surface area contributed by atoms with Crippen LogP contribution >= 0.6 is 0 Å². The largest absolute Gasteiger partial charge is 0.508 e. The molecule has 0 saturated carbocycles. The number of phenolic OH excluding ortho intramolecular Hbond substituents is 1. The maximum Gasteiger partial charge on any atom is 0.302 e. The number of carbonyl (C=O) groups is 1. The summed E-state index contributed by atoms with van der Waals surface area (Å²) < 4.78 is 21.5. The summed E-state index contributed by atoms with van der Waals surface area (Å²) in [6.07, 6.45) is -5.61. The molecule has 174 valence electrons. The molecule has 1 fully saturated rings. The highest BCUT2D eigenvalue weighted by molar-refractivity contribution is 5.65. The van der Waals surface area contributed by atoms with Crippen molar-refractivity contribution >= 4 is 5.97 Å². The number of aliphatic hydroxyl groups excluding tert-OH is 3. The highest BCUT2D eigenvalue weighted by Gasteiger charge is 2.45. The summed E-state index contributed by atoms with van der Waals surface area (Å²) in [5.41, 5.74) is 1.84. The Hall–Kier alpha value is -2.85. The predicted octanol–water partition coefficient (Wildman–Crippen LogP) is 0.935. The third-order valence-electron chi connectivity index (χ3n) is 5.16. The van der Waals surface area contributed by atoms with Gasteiger partial charge in [0.15, 0.2) is 0 Å². The number of benzene rings is 2. The molecule has 1 aliphatic rings. The number of methoxy groups -OCH3 is 1. The first-order valence-electron chi connectivity index (χ1n) is 10.2. The first kappa shape index (κ1) is 23.8. The highest BCUT2D eigenvalue weighted by Crippen LogP contribution is 2.29. The summed E-state index contributed by atoms with van der Waals surface area (Å²) in [7, 11) is 1.51. The van der Waals surface area contributed by atoms with Gasteiger partial charge in [-0.2, -0.15) is 0 Å². The van der Waals surface area contributed by atoms with Gasteiger partial charge in [0, 0.05) is 13.0 Å². The summed E-state index contributed by atoms with van der Waals surface area (Å²) in [5, 5.41) is 40.2. The minimum atomic E-state index is -1.55. The van der Waals surface area contributed by atoms with Gasteiger partial charge in [-0.25, -0.2) is 0 Å². The average Bonchev–Trinajstić information content (AvgIpc) is 2.77. The van der Waals surface area contributed by atoms with Gasteiger partial charge in [0.2, 0.25) is 6.29 Å². The van der Waals surface area contributed by atoms with Crippen LogP contribution in [0.5, 0.6) is 17.2 Å². The normalized spacial score (nSPS) is 25.2. The summed E-state index contributed by atoms with van der Waals surface area (Å²) in [5.74, 6) is 0.484. The summed E-state index contributed by atoms with van der Waals surface area (Å²) in [4.78, 5) is 11.1. The topological polar surface area (TPSA) is 135 Å². The van der Waals surface area contributed by atoms with Crippen molar-refractivity contribution in [1.82, 2.24) is 0 Å². The molecule has 9 nitrogen and oxygen atoms in total. The molecule has 3 rings (SSSR count). The average molecular weight is 448 g/mol. The molecular weight excluding hydrogens is 420 g/mol. The molecule has 0 amide bonds. The Morgan fingerprint density at radius 2 is 1.69 bits per heavy atom. The number of ether oxygens (including phenoxy) is 4. The molecule has 0 bridgehead atoms. The fourth-order valence-corrected chi connectivity index (χ4v) is 3.45. The van der Waals surface area contributed by atoms with Gasteiger partial charge in [0.1, 0.15) is 48.3 Å². The Bertz CT molecular complexity index is 916. The van der Waals surface area contributed by atoms with E-state index < -0.39 is 36.7 Å². The Balaban J connectivity index is 1.73. The standard InChI is InChI=1S/C23H28O9/c1-13(24)30-12-19-20(26)21(27)22(28)23(32-19)31-18-10-15(9-17(11-18)29-2)7-6-14-4-3-5-16(25)8-14/h3-5,8-11,19-23,25-28H,6-7,12H2,1-2H3/t19-,20-,21+,22-,23-/m1/s1. The molecule has 2 aromatic rings. The third kappa shape index (κ3) is 6.10. The molecule has 4 N–H and O–H groups in total. The SMILES string of the molecule is COc1cc(CCc2cccc(O)c2)cc(O[C@@H]2O[C@H](COC(C)=O)[C@@H](O)[C@H](O)[C@H]2O)c1. The molecule has 2 aromatic carbocycles. The molecule has 0 radical (unpaired) electrons. The first-order valence-corrected chi connectivity index (χ1v) is 10.2. The minimum absolute atomic E-state index is 0.199. The van der Waals surface area contributed by atoms with Crippen LogP contribution in [-0.2, 0) is 27.1 Å². The second-order valence-electron chi connectivity index (χ2n) is 7.62. The van der Waals surface area contributed by atoms with Crippen LogP contribution in [0.2, 0.25) is 0 Å². The summed E-state index contributed by atoms with van der Waals surface area (Å²) in [6.45, 7) is 0.913. The third-order valence-corrected chi connectivity index (χ3v) is 5.16. The number of hydrogen-bond donors (Lipinski definition) is 4. The number of carbonyl (C=O) groups excluding carboxylic acids is 1. The number of aryl methyl sites for hydroxylation is 2. The van der Waals surface area contributed by atoms with E-state index in [0.29, 0.717) is 24.3 Å². The van der Waals surface area contributed by atoms with Gasteiger partial charge in [-0.05, 0) is 48.2 Å². The zero-order valence-electron chi connectivity index (χ0n) is 17.9.